The lowest BCUT2D eigenvalue weighted by Crippen LogP contribution is -2.29. The van der Waals surface area contributed by atoms with Gasteiger partial charge in [0.05, 0.1) is 5.56 Å². The largest absolute Gasteiger partial charge is 0.311 e. The summed E-state index contributed by atoms with van der Waals surface area (Å²) < 4.78 is 1.83. The van der Waals surface area contributed by atoms with Crippen LogP contribution < -0.4 is 5.32 Å². The standard InChI is InChI=1S/C23H25N5OS.ClH/c1-15(2)28-16(3)11-20(26-28)22(29)25-23-19(12-24)18-9-10-27(14-21(18)30-23)13-17-7-5-4-6-8-17;/h4-8,11,15H,9-10,13-14H2,1-3H3,(H,25,29);1H. The predicted octanol–water partition coefficient (Wildman–Crippen LogP) is 4.94. The predicted molar refractivity (Wildman–Crippen MR) is 126 cm³/mol. The van der Waals surface area contributed by atoms with Crippen molar-refractivity contribution in [2.45, 2.75) is 46.3 Å². The summed E-state index contributed by atoms with van der Waals surface area (Å²) >= 11 is 1.51. The summed E-state index contributed by atoms with van der Waals surface area (Å²) in [5.41, 5.74) is 4.27. The number of aryl methyl sites for hydroxylation is 1. The van der Waals surface area contributed by atoms with Gasteiger partial charge in [0.1, 0.15) is 11.1 Å². The van der Waals surface area contributed by atoms with Gasteiger partial charge < -0.3 is 5.32 Å². The number of carbonyl (C=O) groups excluding carboxylic acids is 1. The van der Waals surface area contributed by atoms with Crippen molar-refractivity contribution in [1.82, 2.24) is 14.7 Å². The Labute approximate surface area is 192 Å². The third-order valence-electron chi connectivity index (χ3n) is 5.37. The van der Waals surface area contributed by atoms with Crippen molar-refractivity contribution in [3.05, 3.63) is 69.4 Å². The van der Waals surface area contributed by atoms with Gasteiger partial charge in [0, 0.05) is 36.2 Å². The van der Waals surface area contributed by atoms with Crippen molar-refractivity contribution in [1.29, 1.82) is 5.26 Å². The van der Waals surface area contributed by atoms with Crippen LogP contribution >= 0.6 is 23.7 Å². The van der Waals surface area contributed by atoms with Crippen LogP contribution in [0.15, 0.2) is 36.4 Å². The summed E-state index contributed by atoms with van der Waals surface area (Å²) in [7, 11) is 0. The number of nitriles is 1. The zero-order valence-electron chi connectivity index (χ0n) is 17.9. The molecule has 31 heavy (non-hydrogen) atoms. The minimum atomic E-state index is -0.270. The lowest BCUT2D eigenvalue weighted by atomic mass is 10.0. The molecule has 1 aromatic carbocycles. The molecule has 2 aromatic heterocycles. The first kappa shape index (κ1) is 23.0. The average molecular weight is 456 g/mol. The smallest absolute Gasteiger partial charge is 0.276 e. The number of thiophene rings is 1. The lowest BCUT2D eigenvalue weighted by molar-refractivity contribution is 0.102. The Balaban J connectivity index is 0.00000272. The van der Waals surface area contributed by atoms with Gasteiger partial charge in [0.15, 0.2) is 5.69 Å². The number of nitrogens with zero attached hydrogens (tertiary/aromatic N) is 4. The monoisotopic (exact) mass is 455 g/mol. The molecular formula is C23H26ClN5OS. The van der Waals surface area contributed by atoms with Crippen molar-refractivity contribution in [2.75, 3.05) is 11.9 Å². The molecule has 0 unspecified atom stereocenters. The molecule has 6 nitrogen and oxygen atoms in total. The molecule has 8 heteroatoms. The lowest BCUT2D eigenvalue weighted by Gasteiger charge is -2.26. The van der Waals surface area contributed by atoms with E-state index in [1.54, 1.807) is 6.07 Å². The number of anilines is 1. The first-order valence-electron chi connectivity index (χ1n) is 10.1. The number of nitrogens with one attached hydrogen (secondary N) is 1. The summed E-state index contributed by atoms with van der Waals surface area (Å²) in [6, 6.07) is 14.7. The van der Waals surface area contributed by atoms with Gasteiger partial charge in [-0.2, -0.15) is 10.4 Å². The van der Waals surface area contributed by atoms with Crippen molar-refractivity contribution in [2.24, 2.45) is 0 Å². The highest BCUT2D eigenvalue weighted by Gasteiger charge is 2.26. The first-order chi connectivity index (χ1) is 14.5. The molecule has 162 valence electrons. The first-order valence-corrected chi connectivity index (χ1v) is 11.0. The van der Waals surface area contributed by atoms with E-state index in [9.17, 15) is 10.1 Å². The van der Waals surface area contributed by atoms with Gasteiger partial charge in [-0.3, -0.25) is 14.4 Å². The Morgan fingerprint density at radius 1 is 1.32 bits per heavy atom. The van der Waals surface area contributed by atoms with Gasteiger partial charge in [0.2, 0.25) is 0 Å². The molecule has 3 heterocycles. The molecule has 1 amide bonds. The van der Waals surface area contributed by atoms with E-state index in [1.165, 1.54) is 16.9 Å². The molecule has 0 radical (unpaired) electrons. The maximum atomic E-state index is 12.8. The maximum absolute atomic E-state index is 12.8. The number of hydrogen-bond acceptors (Lipinski definition) is 5. The Morgan fingerprint density at radius 3 is 2.71 bits per heavy atom. The van der Waals surface area contributed by atoms with Crippen LogP contribution in [0, 0.1) is 18.3 Å². The van der Waals surface area contributed by atoms with Crippen LogP contribution in [0.4, 0.5) is 5.00 Å². The summed E-state index contributed by atoms with van der Waals surface area (Å²) in [6.07, 6.45) is 0.818. The molecule has 0 aliphatic carbocycles. The van der Waals surface area contributed by atoms with E-state index in [2.05, 4.69) is 45.7 Å². The average Bonchev–Trinajstić information content (AvgIpc) is 3.28. The SMILES string of the molecule is Cc1cc(C(=O)Nc2sc3c(c2C#N)CCN(Cc2ccccc2)C3)nn1C(C)C.Cl. The number of fused-ring (bicyclic) bond motifs is 1. The fraction of sp³-hybridized carbons (Fsp3) is 0.348. The summed E-state index contributed by atoms with van der Waals surface area (Å²) in [5, 5.41) is 17.7. The number of rotatable bonds is 5. The van der Waals surface area contributed by atoms with E-state index in [1.807, 2.05) is 31.5 Å². The van der Waals surface area contributed by atoms with Crippen molar-refractivity contribution in [3.63, 3.8) is 0 Å². The molecular weight excluding hydrogens is 430 g/mol. The van der Waals surface area contributed by atoms with Gasteiger partial charge in [-0.25, -0.2) is 0 Å². The highest BCUT2D eigenvalue weighted by atomic mass is 35.5. The Bertz CT molecular complexity index is 1110. The minimum absolute atomic E-state index is 0. The highest BCUT2D eigenvalue weighted by Crippen LogP contribution is 2.37. The Morgan fingerprint density at radius 2 is 2.06 bits per heavy atom. The summed E-state index contributed by atoms with van der Waals surface area (Å²) in [4.78, 5) is 16.3. The molecule has 0 fully saturated rings. The number of halogens is 1. The fourth-order valence-corrected chi connectivity index (χ4v) is 5.16. The molecule has 0 spiro atoms. The third kappa shape index (κ3) is 4.82. The second kappa shape index (κ2) is 9.65. The van der Waals surface area contributed by atoms with E-state index < -0.39 is 0 Å². The Hall–Kier alpha value is -2.66. The van der Waals surface area contributed by atoms with Gasteiger partial charge >= 0.3 is 0 Å². The number of aromatic nitrogens is 2. The Kier molecular flexibility index (Phi) is 7.16. The van der Waals surface area contributed by atoms with Crippen molar-refractivity contribution in [3.8, 4) is 6.07 Å². The number of carbonyl (C=O) groups is 1. The second-order valence-corrected chi connectivity index (χ2v) is 9.03. The number of benzene rings is 1. The van der Waals surface area contributed by atoms with Crippen LogP contribution in [-0.2, 0) is 19.5 Å². The van der Waals surface area contributed by atoms with Gasteiger partial charge in [-0.15, -0.1) is 23.7 Å². The quantitative estimate of drug-likeness (QED) is 0.591. The van der Waals surface area contributed by atoms with Gasteiger partial charge in [0.25, 0.3) is 5.91 Å². The van der Waals surface area contributed by atoms with E-state index in [0.29, 0.717) is 16.3 Å². The molecule has 1 aliphatic heterocycles. The minimum Gasteiger partial charge on any atom is -0.311 e. The van der Waals surface area contributed by atoms with E-state index in [4.69, 9.17) is 0 Å². The molecule has 0 saturated heterocycles. The molecule has 4 rings (SSSR count). The van der Waals surface area contributed by atoms with Crippen LogP contribution in [0.3, 0.4) is 0 Å². The molecule has 0 saturated carbocycles. The molecule has 0 bridgehead atoms. The normalized spacial score (nSPS) is 13.4. The zero-order chi connectivity index (χ0) is 21.3. The van der Waals surface area contributed by atoms with Crippen LogP contribution in [0.25, 0.3) is 0 Å². The molecule has 1 N–H and O–H groups in total. The maximum Gasteiger partial charge on any atom is 0.276 e. The summed E-state index contributed by atoms with van der Waals surface area (Å²) in [5.74, 6) is -0.270. The molecule has 0 atom stereocenters. The van der Waals surface area contributed by atoms with Crippen molar-refractivity contribution < 1.29 is 4.79 Å². The molecule has 1 aliphatic rings. The topological polar surface area (TPSA) is 74.0 Å². The highest BCUT2D eigenvalue weighted by molar-refractivity contribution is 7.16. The van der Waals surface area contributed by atoms with Gasteiger partial charge in [-0.05, 0) is 44.4 Å². The summed E-state index contributed by atoms with van der Waals surface area (Å²) in [6.45, 7) is 8.58. The van der Waals surface area contributed by atoms with E-state index >= 15 is 0 Å². The van der Waals surface area contributed by atoms with E-state index in [-0.39, 0.29) is 24.4 Å². The third-order valence-corrected chi connectivity index (χ3v) is 6.50. The van der Waals surface area contributed by atoms with Crippen LogP contribution in [0.5, 0.6) is 0 Å². The van der Waals surface area contributed by atoms with Crippen LogP contribution in [0.1, 0.15) is 57.6 Å². The second-order valence-electron chi connectivity index (χ2n) is 7.93. The number of hydrogen-bond donors (Lipinski definition) is 1. The van der Waals surface area contributed by atoms with Gasteiger partial charge in [-0.1, -0.05) is 30.3 Å². The fourth-order valence-electron chi connectivity index (χ4n) is 3.93. The molecule has 3 aromatic rings. The number of amides is 1. The van der Waals surface area contributed by atoms with Crippen LogP contribution in [0.2, 0.25) is 0 Å². The van der Waals surface area contributed by atoms with E-state index in [0.717, 1.165) is 42.2 Å². The zero-order valence-corrected chi connectivity index (χ0v) is 19.5. The van der Waals surface area contributed by atoms with Crippen molar-refractivity contribution >= 4 is 34.7 Å². The van der Waals surface area contributed by atoms with Crippen LogP contribution in [-0.4, -0.2) is 27.1 Å².